The van der Waals surface area contributed by atoms with Crippen molar-refractivity contribution < 1.29 is 33.6 Å². The zero-order chi connectivity index (χ0) is 19.3. The fourth-order valence-corrected chi connectivity index (χ4v) is 2.90. The number of phenolic OH excluding ortho intramolecular Hbond substituents is 1. The van der Waals surface area contributed by atoms with Gasteiger partial charge >= 0.3 is 11.9 Å². The molecule has 0 aliphatic carbocycles. The number of hydrogen-bond donors (Lipinski definition) is 1. The molecule has 2 rings (SSSR count). The third kappa shape index (κ3) is 4.16. The van der Waals surface area contributed by atoms with E-state index < -0.39 is 5.97 Å². The molecule has 0 radical (unpaired) electrons. The van der Waals surface area contributed by atoms with E-state index in [1.807, 2.05) is 19.9 Å². The third-order valence-corrected chi connectivity index (χ3v) is 4.36. The zero-order valence-electron chi connectivity index (χ0n) is 15.5. The number of methoxy groups -OCH3 is 2. The van der Waals surface area contributed by atoms with Crippen molar-refractivity contribution in [2.24, 2.45) is 0 Å². The Kier molecular flexibility index (Phi) is 6.63. The number of carbonyl (C=O) groups excluding carboxylic acids is 2. The summed E-state index contributed by atoms with van der Waals surface area (Å²) in [6.07, 6.45) is 3.03. The molecule has 0 saturated carbocycles. The summed E-state index contributed by atoms with van der Waals surface area (Å²) in [5.74, 6) is -0.418. The van der Waals surface area contributed by atoms with E-state index in [1.54, 1.807) is 0 Å². The lowest BCUT2D eigenvalue weighted by atomic mass is 9.94. The van der Waals surface area contributed by atoms with Gasteiger partial charge in [0.25, 0.3) is 0 Å². The molecule has 7 heteroatoms. The molecule has 1 aliphatic heterocycles. The van der Waals surface area contributed by atoms with Gasteiger partial charge in [-0.15, -0.1) is 0 Å². The van der Waals surface area contributed by atoms with Crippen LogP contribution in [0.3, 0.4) is 0 Å². The number of esters is 2. The van der Waals surface area contributed by atoms with Gasteiger partial charge < -0.3 is 24.1 Å². The molecular formula is C19H24O7. The molecule has 1 aliphatic rings. The van der Waals surface area contributed by atoms with E-state index in [9.17, 15) is 14.7 Å². The van der Waals surface area contributed by atoms with E-state index in [0.29, 0.717) is 29.7 Å². The van der Waals surface area contributed by atoms with Gasteiger partial charge in [-0.05, 0) is 32.3 Å². The summed E-state index contributed by atoms with van der Waals surface area (Å²) in [6, 6.07) is 0. The van der Waals surface area contributed by atoms with Crippen LogP contribution in [0.2, 0.25) is 0 Å². The number of ether oxygens (including phenoxy) is 4. The highest BCUT2D eigenvalue weighted by molar-refractivity contribution is 5.98. The highest BCUT2D eigenvalue weighted by Crippen LogP contribution is 2.42. The average Bonchev–Trinajstić information content (AvgIpc) is 3.02. The van der Waals surface area contributed by atoms with Crippen LogP contribution in [0.5, 0.6) is 11.5 Å². The predicted molar refractivity (Wildman–Crippen MR) is 93.2 cm³/mol. The van der Waals surface area contributed by atoms with E-state index >= 15 is 0 Å². The van der Waals surface area contributed by atoms with Crippen molar-refractivity contribution in [3.05, 3.63) is 33.9 Å². The Morgan fingerprint density at radius 3 is 2.69 bits per heavy atom. The minimum absolute atomic E-state index is 0.0584. The summed E-state index contributed by atoms with van der Waals surface area (Å²) in [7, 11) is 2.98. The van der Waals surface area contributed by atoms with Crippen LogP contribution in [-0.2, 0) is 32.0 Å². The lowest BCUT2D eigenvalue weighted by molar-refractivity contribution is -0.153. The summed E-state index contributed by atoms with van der Waals surface area (Å²) in [6.45, 7) is 3.81. The van der Waals surface area contributed by atoms with Crippen molar-refractivity contribution in [2.75, 3.05) is 21.0 Å². The number of cyclic esters (lactones) is 1. The molecule has 0 spiro atoms. The fraction of sp³-hybridized carbons (Fsp3) is 0.474. The molecular weight excluding hydrogens is 340 g/mol. The van der Waals surface area contributed by atoms with E-state index in [0.717, 1.165) is 11.1 Å². The van der Waals surface area contributed by atoms with E-state index in [-0.39, 0.29) is 37.1 Å². The molecule has 0 atom stereocenters. The van der Waals surface area contributed by atoms with Gasteiger partial charge in [0.2, 0.25) is 0 Å². The van der Waals surface area contributed by atoms with Gasteiger partial charge in [-0.2, -0.15) is 0 Å². The minimum Gasteiger partial charge on any atom is -0.507 e. The molecule has 0 saturated heterocycles. The summed E-state index contributed by atoms with van der Waals surface area (Å²) in [4.78, 5) is 23.4. The van der Waals surface area contributed by atoms with Crippen LogP contribution >= 0.6 is 0 Å². The summed E-state index contributed by atoms with van der Waals surface area (Å²) in [5.41, 5.74) is 3.16. The van der Waals surface area contributed by atoms with Crippen molar-refractivity contribution >= 4 is 11.9 Å². The van der Waals surface area contributed by atoms with Gasteiger partial charge in [0, 0.05) is 24.7 Å². The average molecular weight is 364 g/mol. The van der Waals surface area contributed by atoms with Crippen molar-refractivity contribution in [2.45, 2.75) is 39.7 Å². The molecule has 0 bridgehead atoms. The smallest absolute Gasteiger partial charge is 0.342 e. The standard InChI is InChI=1S/C19H24O7/c1-11(6-8-15(20)26-10-23-3)5-7-13-17(21)16-14(9-25-19(16)22)12(2)18(13)24-4/h5,21H,6-10H2,1-4H3/b11-5+. The Morgan fingerprint density at radius 2 is 2.04 bits per heavy atom. The van der Waals surface area contributed by atoms with Gasteiger partial charge in [0.1, 0.15) is 23.7 Å². The van der Waals surface area contributed by atoms with Gasteiger partial charge in [0.15, 0.2) is 6.79 Å². The van der Waals surface area contributed by atoms with E-state index in [1.165, 1.54) is 14.2 Å². The van der Waals surface area contributed by atoms with Gasteiger partial charge in [-0.25, -0.2) is 4.79 Å². The molecule has 7 nitrogen and oxygen atoms in total. The Bertz CT molecular complexity index is 734. The lowest BCUT2D eigenvalue weighted by Crippen LogP contribution is -2.06. The van der Waals surface area contributed by atoms with Gasteiger partial charge in [-0.1, -0.05) is 11.6 Å². The summed E-state index contributed by atoms with van der Waals surface area (Å²) >= 11 is 0. The van der Waals surface area contributed by atoms with Gasteiger partial charge in [-0.3, -0.25) is 4.79 Å². The number of aromatic hydroxyl groups is 1. The second kappa shape index (κ2) is 8.71. The van der Waals surface area contributed by atoms with Crippen LogP contribution in [0, 0.1) is 6.92 Å². The second-order valence-electron chi connectivity index (χ2n) is 6.09. The van der Waals surface area contributed by atoms with Crippen LogP contribution in [0.25, 0.3) is 0 Å². The molecule has 142 valence electrons. The van der Waals surface area contributed by atoms with Crippen LogP contribution in [0.1, 0.15) is 46.8 Å². The SMILES string of the molecule is COCOC(=O)CC/C(C)=C/Cc1c(O)c2c(c(C)c1OC)COC2=O. The highest BCUT2D eigenvalue weighted by Gasteiger charge is 2.31. The zero-order valence-corrected chi connectivity index (χ0v) is 15.5. The van der Waals surface area contributed by atoms with Crippen molar-refractivity contribution in [3.8, 4) is 11.5 Å². The van der Waals surface area contributed by atoms with Crippen molar-refractivity contribution in [1.82, 2.24) is 0 Å². The Labute approximate surface area is 152 Å². The maximum atomic E-state index is 11.9. The molecule has 0 aromatic heterocycles. The number of hydrogen-bond acceptors (Lipinski definition) is 7. The largest absolute Gasteiger partial charge is 0.507 e. The monoisotopic (exact) mass is 364 g/mol. The third-order valence-electron chi connectivity index (χ3n) is 4.36. The highest BCUT2D eigenvalue weighted by atomic mass is 16.7. The van der Waals surface area contributed by atoms with E-state index in [4.69, 9.17) is 14.2 Å². The first-order valence-electron chi connectivity index (χ1n) is 8.29. The molecule has 1 N–H and O–H groups in total. The molecule has 26 heavy (non-hydrogen) atoms. The number of rotatable bonds is 8. The van der Waals surface area contributed by atoms with Crippen molar-refractivity contribution in [3.63, 3.8) is 0 Å². The summed E-state index contributed by atoms with van der Waals surface area (Å²) in [5, 5.41) is 10.5. The number of phenols is 1. The number of carbonyl (C=O) groups is 2. The van der Waals surface area contributed by atoms with Crippen LogP contribution in [0.4, 0.5) is 0 Å². The topological polar surface area (TPSA) is 91.3 Å². The molecule has 1 aromatic rings. The molecule has 1 heterocycles. The maximum Gasteiger partial charge on any atom is 0.342 e. The Balaban J connectivity index is 2.16. The number of benzene rings is 1. The van der Waals surface area contributed by atoms with Gasteiger partial charge in [0.05, 0.1) is 7.11 Å². The van der Waals surface area contributed by atoms with Crippen LogP contribution in [-0.4, -0.2) is 38.1 Å². The van der Waals surface area contributed by atoms with Crippen molar-refractivity contribution in [1.29, 1.82) is 0 Å². The fourth-order valence-electron chi connectivity index (χ4n) is 2.90. The first kappa shape index (κ1) is 19.8. The van der Waals surface area contributed by atoms with Crippen LogP contribution < -0.4 is 4.74 Å². The molecule has 0 amide bonds. The number of fused-ring (bicyclic) bond motifs is 1. The Morgan fingerprint density at radius 1 is 1.31 bits per heavy atom. The van der Waals surface area contributed by atoms with Crippen LogP contribution in [0.15, 0.2) is 11.6 Å². The molecule has 1 aromatic carbocycles. The first-order valence-corrected chi connectivity index (χ1v) is 8.29. The first-order chi connectivity index (χ1) is 12.4. The predicted octanol–water partition coefficient (Wildman–Crippen LogP) is 2.80. The molecule has 0 unspecified atom stereocenters. The lowest BCUT2D eigenvalue weighted by Gasteiger charge is -2.15. The maximum absolute atomic E-state index is 11.9. The summed E-state index contributed by atoms with van der Waals surface area (Å²) < 4.78 is 20.0. The quantitative estimate of drug-likeness (QED) is 0.431. The number of allylic oxidation sites excluding steroid dienone is 2. The Hall–Kier alpha value is -2.54. The molecule has 0 fully saturated rings. The minimum atomic E-state index is -0.522. The normalized spacial score (nSPS) is 13.4. The second-order valence-corrected chi connectivity index (χ2v) is 6.09. The van der Waals surface area contributed by atoms with E-state index in [2.05, 4.69) is 4.74 Å².